The lowest BCUT2D eigenvalue weighted by molar-refractivity contribution is -0.0497. The third-order valence-corrected chi connectivity index (χ3v) is 2.83. The molecule has 1 saturated heterocycles. The molecule has 0 saturated carbocycles. The molecule has 18 heavy (non-hydrogen) atoms. The molecule has 0 aliphatic carbocycles. The van der Waals surface area contributed by atoms with Crippen LogP contribution >= 0.6 is 0 Å². The number of nitrogens with zero attached hydrogens (tertiary/aromatic N) is 1. The van der Waals surface area contributed by atoms with E-state index < -0.39 is 12.0 Å². The Labute approximate surface area is 108 Å². The van der Waals surface area contributed by atoms with Crippen molar-refractivity contribution >= 4 is 6.09 Å². The van der Waals surface area contributed by atoms with Crippen LogP contribution < -0.4 is 0 Å². The van der Waals surface area contributed by atoms with E-state index in [1.165, 1.54) is 6.92 Å². The van der Waals surface area contributed by atoms with E-state index in [0.717, 1.165) is 12.8 Å². The Kier molecular flexibility index (Phi) is 5.38. The van der Waals surface area contributed by atoms with Crippen LogP contribution in [-0.2, 0) is 9.47 Å². The van der Waals surface area contributed by atoms with Gasteiger partial charge in [0.15, 0.2) is 6.36 Å². The second-order valence-electron chi connectivity index (χ2n) is 5.79. The first kappa shape index (κ1) is 15.2. The highest BCUT2D eigenvalue weighted by Gasteiger charge is 2.27. The Hall–Kier alpha value is -0.840. The number of hydrogen-bond acceptors (Lipinski definition) is 3. The number of likely N-dealkylation sites (tertiary alicyclic amines) is 1. The first-order valence-electron chi connectivity index (χ1n) is 6.51. The Morgan fingerprint density at radius 1 is 1.39 bits per heavy atom. The van der Waals surface area contributed by atoms with Gasteiger partial charge in [-0.15, -0.1) is 0 Å². The highest BCUT2D eigenvalue weighted by atomic mass is 19.1. The molecule has 1 aliphatic heterocycles. The predicted molar refractivity (Wildman–Crippen MR) is 67.1 cm³/mol. The maximum Gasteiger partial charge on any atom is 0.410 e. The van der Waals surface area contributed by atoms with Gasteiger partial charge in [-0.05, 0) is 46.5 Å². The van der Waals surface area contributed by atoms with Gasteiger partial charge in [0, 0.05) is 13.1 Å². The van der Waals surface area contributed by atoms with Gasteiger partial charge in [0.2, 0.25) is 0 Å². The molecule has 106 valence electrons. The van der Waals surface area contributed by atoms with Crippen LogP contribution in [0.25, 0.3) is 0 Å². The summed E-state index contributed by atoms with van der Waals surface area (Å²) >= 11 is 0. The second-order valence-corrected chi connectivity index (χ2v) is 5.79. The molecule has 0 aromatic rings. The third kappa shape index (κ3) is 5.67. The Morgan fingerprint density at radius 2 is 1.94 bits per heavy atom. The lowest BCUT2D eigenvalue weighted by Crippen LogP contribution is -2.42. The van der Waals surface area contributed by atoms with E-state index in [-0.39, 0.29) is 6.09 Å². The minimum absolute atomic E-state index is 0.263. The predicted octanol–water partition coefficient (Wildman–Crippen LogP) is 2.97. The first-order chi connectivity index (χ1) is 8.28. The summed E-state index contributed by atoms with van der Waals surface area (Å²) in [5.41, 5.74) is -0.458. The molecule has 0 bridgehead atoms. The van der Waals surface area contributed by atoms with Crippen molar-refractivity contribution in [2.45, 2.75) is 52.5 Å². The van der Waals surface area contributed by atoms with Crippen molar-refractivity contribution in [3.05, 3.63) is 0 Å². The third-order valence-electron chi connectivity index (χ3n) is 2.83. The number of amides is 1. The van der Waals surface area contributed by atoms with Gasteiger partial charge in [-0.1, -0.05) is 0 Å². The molecule has 0 spiro atoms. The average molecular weight is 261 g/mol. The fraction of sp³-hybridized carbons (Fsp3) is 0.923. The number of hydrogen-bond donors (Lipinski definition) is 0. The number of ether oxygens (including phenoxy) is 2. The van der Waals surface area contributed by atoms with Crippen LogP contribution in [0.1, 0.15) is 40.5 Å². The fourth-order valence-corrected chi connectivity index (χ4v) is 1.88. The van der Waals surface area contributed by atoms with Gasteiger partial charge in [-0.25, -0.2) is 9.18 Å². The molecule has 1 rings (SSSR count). The summed E-state index contributed by atoms with van der Waals surface area (Å²) in [6, 6.07) is 0. The van der Waals surface area contributed by atoms with Gasteiger partial charge < -0.3 is 14.4 Å². The average Bonchev–Trinajstić information content (AvgIpc) is 2.24. The molecule has 5 heteroatoms. The Bertz CT molecular complexity index is 268. The molecule has 1 unspecified atom stereocenters. The molecule has 1 atom stereocenters. The van der Waals surface area contributed by atoms with Crippen molar-refractivity contribution in [2.24, 2.45) is 5.92 Å². The van der Waals surface area contributed by atoms with E-state index in [4.69, 9.17) is 9.47 Å². The molecule has 4 nitrogen and oxygen atoms in total. The minimum Gasteiger partial charge on any atom is -0.444 e. The van der Waals surface area contributed by atoms with Crippen molar-refractivity contribution in [1.82, 2.24) is 4.90 Å². The van der Waals surface area contributed by atoms with Gasteiger partial charge >= 0.3 is 6.09 Å². The van der Waals surface area contributed by atoms with Crippen LogP contribution in [-0.4, -0.2) is 42.6 Å². The van der Waals surface area contributed by atoms with Crippen LogP contribution in [0, 0.1) is 5.92 Å². The van der Waals surface area contributed by atoms with Crippen LogP contribution in [0.15, 0.2) is 0 Å². The summed E-state index contributed by atoms with van der Waals surface area (Å²) in [4.78, 5) is 13.5. The number of carbonyl (C=O) groups is 1. The van der Waals surface area contributed by atoms with Crippen molar-refractivity contribution in [2.75, 3.05) is 19.7 Å². The molecule has 0 N–H and O–H groups in total. The topological polar surface area (TPSA) is 38.8 Å². The van der Waals surface area contributed by atoms with Gasteiger partial charge in [-0.2, -0.15) is 0 Å². The molecule has 1 heterocycles. The van der Waals surface area contributed by atoms with E-state index in [0.29, 0.717) is 25.6 Å². The number of halogens is 1. The SMILES string of the molecule is CC(F)OCC1CCN(C(=O)OC(C)(C)C)CC1. The number of carbonyl (C=O) groups excluding carboxylic acids is 1. The van der Waals surface area contributed by atoms with Gasteiger partial charge in [0.1, 0.15) is 5.60 Å². The monoisotopic (exact) mass is 261 g/mol. The zero-order valence-corrected chi connectivity index (χ0v) is 11.7. The molecular formula is C13H24FNO3. The zero-order valence-electron chi connectivity index (χ0n) is 11.7. The summed E-state index contributed by atoms with van der Waals surface area (Å²) in [6.07, 6.45) is 0.201. The van der Waals surface area contributed by atoms with E-state index >= 15 is 0 Å². The Morgan fingerprint density at radius 3 is 2.39 bits per heavy atom. The molecule has 0 aromatic carbocycles. The van der Waals surface area contributed by atoms with E-state index in [1.807, 2.05) is 20.8 Å². The largest absolute Gasteiger partial charge is 0.444 e. The molecule has 1 aliphatic rings. The second kappa shape index (κ2) is 6.36. The number of alkyl halides is 1. The highest BCUT2D eigenvalue weighted by Crippen LogP contribution is 2.20. The lowest BCUT2D eigenvalue weighted by atomic mass is 9.98. The van der Waals surface area contributed by atoms with Crippen molar-refractivity contribution in [3.8, 4) is 0 Å². The van der Waals surface area contributed by atoms with Crippen LogP contribution in [0.4, 0.5) is 9.18 Å². The highest BCUT2D eigenvalue weighted by molar-refractivity contribution is 5.68. The van der Waals surface area contributed by atoms with Gasteiger partial charge in [0.05, 0.1) is 6.61 Å². The number of piperidine rings is 1. The van der Waals surface area contributed by atoms with Gasteiger partial charge in [0.25, 0.3) is 0 Å². The Balaban J connectivity index is 2.28. The maximum absolute atomic E-state index is 12.5. The quantitative estimate of drug-likeness (QED) is 0.784. The molecule has 0 radical (unpaired) electrons. The summed E-state index contributed by atoms with van der Waals surface area (Å²) in [5, 5.41) is 0. The minimum atomic E-state index is -1.21. The maximum atomic E-state index is 12.5. The molecule has 1 fully saturated rings. The normalized spacial score (nSPS) is 19.7. The van der Waals surface area contributed by atoms with E-state index in [2.05, 4.69) is 0 Å². The van der Waals surface area contributed by atoms with E-state index in [9.17, 15) is 9.18 Å². The molecule has 0 aromatic heterocycles. The zero-order chi connectivity index (χ0) is 13.8. The summed E-state index contributed by atoms with van der Waals surface area (Å²) in [7, 11) is 0. The summed E-state index contributed by atoms with van der Waals surface area (Å²) < 4.78 is 22.8. The van der Waals surface area contributed by atoms with Crippen molar-refractivity contribution in [1.29, 1.82) is 0 Å². The van der Waals surface area contributed by atoms with Crippen LogP contribution in [0.3, 0.4) is 0 Å². The smallest absolute Gasteiger partial charge is 0.410 e. The summed E-state index contributed by atoms with van der Waals surface area (Å²) in [6.45, 7) is 8.69. The first-order valence-corrected chi connectivity index (χ1v) is 6.51. The fourth-order valence-electron chi connectivity index (χ4n) is 1.88. The number of rotatable bonds is 3. The van der Waals surface area contributed by atoms with Crippen LogP contribution in [0.5, 0.6) is 0 Å². The van der Waals surface area contributed by atoms with Crippen molar-refractivity contribution < 1.29 is 18.7 Å². The summed E-state index contributed by atoms with van der Waals surface area (Å²) in [5.74, 6) is 0.335. The van der Waals surface area contributed by atoms with Crippen LogP contribution in [0.2, 0.25) is 0 Å². The van der Waals surface area contributed by atoms with Crippen molar-refractivity contribution in [3.63, 3.8) is 0 Å². The molecule has 1 amide bonds. The lowest BCUT2D eigenvalue weighted by Gasteiger charge is -2.33. The molecular weight excluding hydrogens is 237 g/mol. The standard InChI is InChI=1S/C13H24FNO3/c1-10(14)17-9-11-5-7-15(8-6-11)12(16)18-13(2,3)4/h10-11H,5-9H2,1-4H3. The van der Waals surface area contributed by atoms with Gasteiger partial charge in [-0.3, -0.25) is 0 Å². The van der Waals surface area contributed by atoms with E-state index in [1.54, 1.807) is 4.90 Å².